The van der Waals surface area contributed by atoms with Crippen LogP contribution in [0.15, 0.2) is 30.3 Å². The molecule has 0 radical (unpaired) electrons. The van der Waals surface area contributed by atoms with Gasteiger partial charge in [-0.1, -0.05) is 18.2 Å². The Kier molecular flexibility index (Phi) is 7.37. The van der Waals surface area contributed by atoms with E-state index in [0.717, 1.165) is 0 Å². The zero-order chi connectivity index (χ0) is 13.2. The number of carbonyl (C=O) groups excluding carboxylic acids is 1. The van der Waals surface area contributed by atoms with Crippen LogP contribution in [0.25, 0.3) is 0 Å². The fraction of sp³-hybridized carbons (Fsp3) is 0.417. The Bertz CT molecular complexity index is 345. The van der Waals surface area contributed by atoms with E-state index in [2.05, 4.69) is 4.74 Å². The molecule has 0 aromatic heterocycles. The highest BCUT2D eigenvalue weighted by atomic mass is 35.5. The third-order valence-electron chi connectivity index (χ3n) is 1.91. The first kappa shape index (κ1) is 14.9. The summed E-state index contributed by atoms with van der Waals surface area (Å²) >= 11 is 11.0. The largest absolute Gasteiger partial charge is 0.508 e. The smallest absolute Gasteiger partial charge is 0.490 e. The maximum absolute atomic E-state index is 11.2. The Morgan fingerprint density at radius 1 is 1.22 bits per heavy atom. The van der Waals surface area contributed by atoms with E-state index in [4.69, 9.17) is 32.7 Å². The zero-order valence-electron chi connectivity index (χ0n) is 9.68. The van der Waals surface area contributed by atoms with Crippen LogP contribution >= 0.6 is 23.2 Å². The highest BCUT2D eigenvalue weighted by molar-refractivity contribution is 6.18. The molecule has 1 aromatic rings. The Morgan fingerprint density at radius 3 is 2.56 bits per heavy atom. The minimum absolute atomic E-state index is 0.106. The molecule has 0 aliphatic heterocycles. The summed E-state index contributed by atoms with van der Waals surface area (Å²) in [7, 11) is 0. The van der Waals surface area contributed by atoms with E-state index < -0.39 is 12.3 Å². The summed E-state index contributed by atoms with van der Waals surface area (Å²) in [5.41, 5.74) is 0. The lowest BCUT2D eigenvalue weighted by molar-refractivity contribution is 0.0180. The molecular formula is C12H14Cl2O4. The van der Waals surface area contributed by atoms with E-state index in [9.17, 15) is 4.79 Å². The molecule has 0 aliphatic carbocycles. The highest BCUT2D eigenvalue weighted by Gasteiger charge is 2.15. The van der Waals surface area contributed by atoms with Gasteiger partial charge < -0.3 is 14.2 Å². The Balaban J connectivity index is 2.31. The quantitative estimate of drug-likeness (QED) is 0.572. The van der Waals surface area contributed by atoms with E-state index in [1.807, 2.05) is 18.2 Å². The lowest BCUT2D eigenvalue weighted by atomic mass is 10.3. The second-order valence-electron chi connectivity index (χ2n) is 3.31. The van der Waals surface area contributed by atoms with Crippen molar-refractivity contribution in [1.29, 1.82) is 0 Å². The number of halogens is 2. The summed E-state index contributed by atoms with van der Waals surface area (Å²) in [4.78, 5) is 11.2. The maximum atomic E-state index is 11.2. The normalized spacial score (nSPS) is 11.7. The van der Waals surface area contributed by atoms with Crippen molar-refractivity contribution in [2.24, 2.45) is 0 Å². The summed E-state index contributed by atoms with van der Waals surface area (Å²) in [6.45, 7) is 0.276. The van der Waals surface area contributed by atoms with Gasteiger partial charge in [0.25, 0.3) is 0 Å². The van der Waals surface area contributed by atoms with Crippen molar-refractivity contribution in [2.45, 2.75) is 6.10 Å². The summed E-state index contributed by atoms with van der Waals surface area (Å²) in [5, 5.41) is 0. The first-order valence-electron chi connectivity index (χ1n) is 5.39. The van der Waals surface area contributed by atoms with Gasteiger partial charge >= 0.3 is 6.16 Å². The molecule has 0 aliphatic rings. The summed E-state index contributed by atoms with van der Waals surface area (Å²) < 4.78 is 15.0. The van der Waals surface area contributed by atoms with E-state index in [-0.39, 0.29) is 25.0 Å². The molecule has 0 heterocycles. The van der Waals surface area contributed by atoms with Crippen molar-refractivity contribution < 1.29 is 19.0 Å². The van der Waals surface area contributed by atoms with Crippen molar-refractivity contribution >= 4 is 29.4 Å². The molecule has 4 nitrogen and oxygen atoms in total. The molecule has 1 atom stereocenters. The van der Waals surface area contributed by atoms with Gasteiger partial charge in [-0.3, -0.25) is 0 Å². The van der Waals surface area contributed by atoms with Gasteiger partial charge in [0.15, 0.2) is 6.10 Å². The minimum atomic E-state index is -0.794. The Labute approximate surface area is 116 Å². The minimum Gasteiger partial charge on any atom is -0.490 e. The first-order valence-corrected chi connectivity index (χ1v) is 6.46. The molecule has 0 N–H and O–H groups in total. The van der Waals surface area contributed by atoms with Crippen LogP contribution in [-0.2, 0) is 9.47 Å². The van der Waals surface area contributed by atoms with Gasteiger partial charge in [0, 0.05) is 0 Å². The molecule has 1 rings (SSSR count). The van der Waals surface area contributed by atoms with Crippen molar-refractivity contribution in [3.05, 3.63) is 30.3 Å². The average molecular weight is 293 g/mol. The van der Waals surface area contributed by atoms with Gasteiger partial charge in [0.2, 0.25) is 0 Å². The highest BCUT2D eigenvalue weighted by Crippen LogP contribution is 2.10. The molecular weight excluding hydrogens is 279 g/mol. The molecule has 0 fully saturated rings. The second-order valence-corrected chi connectivity index (χ2v) is 3.99. The molecule has 0 spiro atoms. The predicted octanol–water partition coefficient (Wildman–Crippen LogP) is 3.06. The van der Waals surface area contributed by atoms with Crippen LogP contribution in [0.5, 0.6) is 5.75 Å². The average Bonchev–Trinajstić information content (AvgIpc) is 2.42. The van der Waals surface area contributed by atoms with Gasteiger partial charge in [-0.05, 0) is 12.1 Å². The van der Waals surface area contributed by atoms with Crippen molar-refractivity contribution in [3.63, 3.8) is 0 Å². The van der Waals surface area contributed by atoms with Crippen molar-refractivity contribution in [1.82, 2.24) is 0 Å². The third kappa shape index (κ3) is 5.98. The monoisotopic (exact) mass is 292 g/mol. The summed E-state index contributed by atoms with van der Waals surface area (Å²) in [6, 6.07) is 9.18. The summed E-state index contributed by atoms with van der Waals surface area (Å²) in [6.07, 6.45) is -1.35. The number of carbonyl (C=O) groups is 1. The fourth-order valence-corrected chi connectivity index (χ4v) is 1.34. The number of ether oxygens (including phenoxy) is 3. The van der Waals surface area contributed by atoms with Crippen LogP contribution in [0.1, 0.15) is 0 Å². The summed E-state index contributed by atoms with van der Waals surface area (Å²) in [5.74, 6) is 1.04. The zero-order valence-corrected chi connectivity index (χ0v) is 11.2. The van der Waals surface area contributed by atoms with Crippen molar-refractivity contribution in [2.75, 3.05) is 25.0 Å². The SMILES string of the molecule is O=C(OCCCl)OC(CCl)COc1ccccc1. The van der Waals surface area contributed by atoms with E-state index in [1.54, 1.807) is 12.1 Å². The number of hydrogen-bond donors (Lipinski definition) is 0. The topological polar surface area (TPSA) is 44.8 Å². The van der Waals surface area contributed by atoms with Crippen molar-refractivity contribution in [3.8, 4) is 5.75 Å². The molecule has 1 aromatic carbocycles. The molecule has 100 valence electrons. The Morgan fingerprint density at radius 2 is 1.94 bits per heavy atom. The lowest BCUT2D eigenvalue weighted by Gasteiger charge is -2.15. The van der Waals surface area contributed by atoms with Gasteiger partial charge in [0.05, 0.1) is 11.8 Å². The van der Waals surface area contributed by atoms with Crippen LogP contribution in [0.3, 0.4) is 0 Å². The standard InChI is InChI=1S/C12H14Cl2O4/c13-6-7-16-12(15)18-11(8-14)9-17-10-4-2-1-3-5-10/h1-5,11H,6-9H2. The maximum Gasteiger partial charge on any atom is 0.508 e. The number of rotatable bonds is 7. The van der Waals surface area contributed by atoms with E-state index in [1.165, 1.54) is 0 Å². The van der Waals surface area contributed by atoms with Gasteiger partial charge in [-0.2, -0.15) is 0 Å². The predicted molar refractivity (Wildman–Crippen MR) is 69.6 cm³/mol. The van der Waals surface area contributed by atoms with Crippen LogP contribution in [0.4, 0.5) is 4.79 Å². The number of hydrogen-bond acceptors (Lipinski definition) is 4. The molecule has 0 saturated carbocycles. The second kappa shape index (κ2) is 8.89. The van der Waals surface area contributed by atoms with Crippen LogP contribution in [0, 0.1) is 0 Å². The molecule has 0 bridgehead atoms. The van der Waals surface area contributed by atoms with Crippen LogP contribution in [0.2, 0.25) is 0 Å². The fourth-order valence-electron chi connectivity index (χ4n) is 1.11. The lowest BCUT2D eigenvalue weighted by Crippen LogP contribution is -2.27. The Hall–Kier alpha value is -1.13. The third-order valence-corrected chi connectivity index (χ3v) is 2.41. The van der Waals surface area contributed by atoms with Gasteiger partial charge in [0.1, 0.15) is 19.0 Å². The number of benzene rings is 1. The first-order chi connectivity index (χ1) is 8.76. The molecule has 0 amide bonds. The number of alkyl halides is 2. The molecule has 1 unspecified atom stereocenters. The molecule has 0 saturated heterocycles. The van der Waals surface area contributed by atoms with Gasteiger partial charge in [-0.25, -0.2) is 4.79 Å². The van der Waals surface area contributed by atoms with Crippen LogP contribution in [-0.4, -0.2) is 37.2 Å². The molecule has 6 heteroatoms. The van der Waals surface area contributed by atoms with E-state index >= 15 is 0 Å². The van der Waals surface area contributed by atoms with E-state index in [0.29, 0.717) is 5.75 Å². The van der Waals surface area contributed by atoms with Crippen LogP contribution < -0.4 is 4.74 Å². The number of para-hydroxylation sites is 1. The molecule has 18 heavy (non-hydrogen) atoms. The van der Waals surface area contributed by atoms with Gasteiger partial charge in [-0.15, -0.1) is 23.2 Å².